The summed E-state index contributed by atoms with van der Waals surface area (Å²) in [5, 5.41) is 4.16. The van der Waals surface area contributed by atoms with E-state index in [9.17, 15) is 4.79 Å². The second-order valence-corrected chi connectivity index (χ2v) is 4.82. The van der Waals surface area contributed by atoms with Crippen molar-refractivity contribution in [2.24, 2.45) is 13.0 Å². The number of amides is 1. The fourth-order valence-corrected chi connectivity index (χ4v) is 2.27. The van der Waals surface area contributed by atoms with Gasteiger partial charge in [0.05, 0.1) is 0 Å². The number of fused-ring (bicyclic) bond motifs is 1. The van der Waals surface area contributed by atoms with Gasteiger partial charge < -0.3 is 9.88 Å². The first kappa shape index (κ1) is 10.4. The largest absolute Gasteiger partial charge is 0.351 e. The van der Waals surface area contributed by atoms with E-state index in [1.54, 1.807) is 0 Å². The van der Waals surface area contributed by atoms with Gasteiger partial charge in [-0.05, 0) is 37.1 Å². The van der Waals surface area contributed by atoms with Gasteiger partial charge in [-0.1, -0.05) is 6.42 Å². The van der Waals surface area contributed by atoms with Crippen LogP contribution in [0.15, 0.2) is 30.5 Å². The maximum absolute atomic E-state index is 11.8. The molecule has 0 spiro atoms. The average Bonchev–Trinajstić information content (AvgIpc) is 2.57. The van der Waals surface area contributed by atoms with Crippen molar-refractivity contribution in [1.82, 2.24) is 4.57 Å². The van der Waals surface area contributed by atoms with Crippen LogP contribution in [0.1, 0.15) is 19.3 Å². The van der Waals surface area contributed by atoms with Crippen molar-refractivity contribution in [1.29, 1.82) is 0 Å². The number of anilines is 1. The topological polar surface area (TPSA) is 34.0 Å². The van der Waals surface area contributed by atoms with Gasteiger partial charge in [0.1, 0.15) is 0 Å². The lowest BCUT2D eigenvalue weighted by Crippen LogP contribution is -2.27. The van der Waals surface area contributed by atoms with Gasteiger partial charge in [-0.25, -0.2) is 0 Å². The molecule has 1 aliphatic carbocycles. The number of hydrogen-bond donors (Lipinski definition) is 1. The molecule has 3 rings (SSSR count). The third-order valence-electron chi connectivity index (χ3n) is 3.63. The number of rotatable bonds is 2. The predicted molar refractivity (Wildman–Crippen MR) is 68.9 cm³/mol. The van der Waals surface area contributed by atoms with Crippen LogP contribution >= 0.6 is 0 Å². The van der Waals surface area contributed by atoms with Crippen molar-refractivity contribution in [2.45, 2.75) is 19.3 Å². The Labute approximate surface area is 100 Å². The van der Waals surface area contributed by atoms with E-state index in [0.717, 1.165) is 18.5 Å². The normalized spacial score (nSPS) is 15.8. The van der Waals surface area contributed by atoms with Gasteiger partial charge in [0.2, 0.25) is 5.91 Å². The minimum Gasteiger partial charge on any atom is -0.351 e. The van der Waals surface area contributed by atoms with Gasteiger partial charge in [-0.2, -0.15) is 0 Å². The van der Waals surface area contributed by atoms with Gasteiger partial charge in [0.25, 0.3) is 0 Å². The van der Waals surface area contributed by atoms with Crippen LogP contribution in [-0.4, -0.2) is 10.5 Å². The highest BCUT2D eigenvalue weighted by atomic mass is 16.1. The maximum atomic E-state index is 11.8. The van der Waals surface area contributed by atoms with Crippen molar-refractivity contribution in [2.75, 3.05) is 5.32 Å². The molecule has 1 heterocycles. The summed E-state index contributed by atoms with van der Waals surface area (Å²) in [5.41, 5.74) is 2.09. The van der Waals surface area contributed by atoms with Gasteiger partial charge in [-0.3, -0.25) is 4.79 Å². The van der Waals surface area contributed by atoms with E-state index in [-0.39, 0.29) is 11.8 Å². The van der Waals surface area contributed by atoms with Gasteiger partial charge in [0, 0.05) is 35.8 Å². The smallest absolute Gasteiger partial charge is 0.227 e. The average molecular weight is 228 g/mol. The van der Waals surface area contributed by atoms with Crippen LogP contribution in [-0.2, 0) is 11.8 Å². The highest BCUT2D eigenvalue weighted by Crippen LogP contribution is 2.28. The first-order valence-corrected chi connectivity index (χ1v) is 6.10. The van der Waals surface area contributed by atoms with Gasteiger partial charge in [0.15, 0.2) is 0 Å². The molecule has 0 radical (unpaired) electrons. The molecule has 1 saturated carbocycles. The highest BCUT2D eigenvalue weighted by Gasteiger charge is 2.25. The molecule has 1 fully saturated rings. The fourth-order valence-electron chi connectivity index (χ4n) is 2.27. The van der Waals surface area contributed by atoms with E-state index >= 15 is 0 Å². The van der Waals surface area contributed by atoms with E-state index in [4.69, 9.17) is 0 Å². The number of aryl methyl sites for hydroxylation is 1. The van der Waals surface area contributed by atoms with E-state index in [1.165, 1.54) is 17.3 Å². The number of carbonyl (C=O) groups is 1. The molecule has 17 heavy (non-hydrogen) atoms. The van der Waals surface area contributed by atoms with Crippen LogP contribution in [0.5, 0.6) is 0 Å². The van der Waals surface area contributed by atoms with Crippen molar-refractivity contribution < 1.29 is 4.79 Å². The summed E-state index contributed by atoms with van der Waals surface area (Å²) in [7, 11) is 2.02. The highest BCUT2D eigenvalue weighted by molar-refractivity contribution is 5.95. The molecule has 1 aliphatic rings. The number of nitrogens with zero attached hydrogens (tertiary/aromatic N) is 1. The Bertz CT molecular complexity index is 567. The second-order valence-electron chi connectivity index (χ2n) is 4.82. The Kier molecular flexibility index (Phi) is 2.39. The monoisotopic (exact) mass is 228 g/mol. The zero-order valence-corrected chi connectivity index (χ0v) is 9.94. The van der Waals surface area contributed by atoms with Crippen LogP contribution in [0.2, 0.25) is 0 Å². The van der Waals surface area contributed by atoms with Crippen LogP contribution in [0.25, 0.3) is 10.9 Å². The molecular weight excluding hydrogens is 212 g/mol. The minimum atomic E-state index is 0.173. The molecule has 0 saturated heterocycles. The summed E-state index contributed by atoms with van der Waals surface area (Å²) in [6.45, 7) is 0. The molecule has 2 aromatic rings. The molecular formula is C14H16N2O. The standard InChI is InChI=1S/C14H16N2O/c1-16-8-7-11-9-12(5-6-13(11)16)15-14(17)10-3-2-4-10/h5-10H,2-4H2,1H3,(H,15,17). The zero-order valence-electron chi connectivity index (χ0n) is 9.94. The Balaban J connectivity index is 1.83. The van der Waals surface area contributed by atoms with E-state index in [0.29, 0.717) is 0 Å². The molecule has 1 amide bonds. The third kappa shape index (κ3) is 1.82. The molecule has 3 nitrogen and oxygen atoms in total. The lowest BCUT2D eigenvalue weighted by molar-refractivity contribution is -0.122. The Hall–Kier alpha value is -1.77. The zero-order chi connectivity index (χ0) is 11.8. The maximum Gasteiger partial charge on any atom is 0.227 e. The lowest BCUT2D eigenvalue weighted by Gasteiger charge is -2.24. The van der Waals surface area contributed by atoms with Crippen molar-refractivity contribution in [3.05, 3.63) is 30.5 Å². The Morgan fingerprint density at radius 3 is 2.88 bits per heavy atom. The number of benzene rings is 1. The molecule has 88 valence electrons. The fraction of sp³-hybridized carbons (Fsp3) is 0.357. The quantitative estimate of drug-likeness (QED) is 0.842. The molecule has 1 aromatic carbocycles. The van der Waals surface area contributed by atoms with E-state index < -0.39 is 0 Å². The van der Waals surface area contributed by atoms with Crippen molar-refractivity contribution in [3.8, 4) is 0 Å². The van der Waals surface area contributed by atoms with Gasteiger partial charge >= 0.3 is 0 Å². The number of hydrogen-bond acceptors (Lipinski definition) is 1. The molecule has 1 aromatic heterocycles. The summed E-state index contributed by atoms with van der Waals surface area (Å²) < 4.78 is 2.08. The predicted octanol–water partition coefficient (Wildman–Crippen LogP) is 2.92. The summed E-state index contributed by atoms with van der Waals surface area (Å²) >= 11 is 0. The minimum absolute atomic E-state index is 0.173. The molecule has 0 aliphatic heterocycles. The summed E-state index contributed by atoms with van der Waals surface area (Å²) in [5.74, 6) is 0.410. The van der Waals surface area contributed by atoms with Crippen LogP contribution in [0.3, 0.4) is 0 Å². The van der Waals surface area contributed by atoms with Crippen LogP contribution < -0.4 is 5.32 Å². The third-order valence-corrected chi connectivity index (χ3v) is 3.63. The summed E-state index contributed by atoms with van der Waals surface area (Å²) in [6, 6.07) is 8.12. The Morgan fingerprint density at radius 2 is 2.18 bits per heavy atom. The summed E-state index contributed by atoms with van der Waals surface area (Å²) in [6.07, 6.45) is 5.30. The second kappa shape index (κ2) is 3.91. The van der Waals surface area contributed by atoms with E-state index in [1.807, 2.05) is 31.4 Å². The van der Waals surface area contributed by atoms with Crippen LogP contribution in [0, 0.1) is 5.92 Å². The van der Waals surface area contributed by atoms with Gasteiger partial charge in [-0.15, -0.1) is 0 Å². The molecule has 0 atom stereocenters. The Morgan fingerprint density at radius 1 is 1.35 bits per heavy atom. The molecule has 0 bridgehead atoms. The van der Waals surface area contributed by atoms with Crippen LogP contribution in [0.4, 0.5) is 5.69 Å². The first-order chi connectivity index (χ1) is 8.24. The number of aromatic nitrogens is 1. The number of nitrogens with one attached hydrogen (secondary N) is 1. The first-order valence-electron chi connectivity index (χ1n) is 6.10. The summed E-state index contributed by atoms with van der Waals surface area (Å²) in [4.78, 5) is 11.8. The molecule has 1 N–H and O–H groups in total. The molecule has 3 heteroatoms. The SMILES string of the molecule is Cn1ccc2cc(NC(=O)C3CCC3)ccc21. The number of carbonyl (C=O) groups excluding carboxylic acids is 1. The van der Waals surface area contributed by atoms with Crippen molar-refractivity contribution in [3.63, 3.8) is 0 Å². The molecule has 0 unspecified atom stereocenters. The van der Waals surface area contributed by atoms with E-state index in [2.05, 4.69) is 16.0 Å². The lowest BCUT2D eigenvalue weighted by atomic mass is 9.85. The van der Waals surface area contributed by atoms with Crippen molar-refractivity contribution >= 4 is 22.5 Å².